The molecular weight excluding hydrogens is 493 g/mol. The smallest absolute Gasteiger partial charge is 0.303 e. The van der Waals surface area contributed by atoms with Crippen molar-refractivity contribution in [2.45, 2.75) is 148 Å². The Hall–Kier alpha value is -0.696. The van der Waals surface area contributed by atoms with Crippen molar-refractivity contribution in [2.24, 2.45) is 17.8 Å². The minimum atomic E-state index is -1.96. The first kappa shape index (κ1) is 32.5. The summed E-state index contributed by atoms with van der Waals surface area (Å²) < 4.78 is 19.8. The maximum atomic E-state index is 11.9. The molecule has 6 heteroatoms. The van der Waals surface area contributed by atoms with Crippen molar-refractivity contribution in [2.75, 3.05) is 0 Å². The van der Waals surface area contributed by atoms with Crippen molar-refractivity contribution in [1.29, 1.82) is 0 Å². The largest absolute Gasteiger partial charge is 0.458 e. The molecule has 2 rings (SSSR count). The number of hydrogen-bond donors (Lipinski definition) is 0. The lowest BCUT2D eigenvalue weighted by atomic mass is 9.90. The van der Waals surface area contributed by atoms with E-state index in [4.69, 9.17) is 13.6 Å². The summed E-state index contributed by atoms with van der Waals surface area (Å²) in [6.07, 6.45) is 11.4. The van der Waals surface area contributed by atoms with E-state index < -0.39 is 16.6 Å². The second kappa shape index (κ2) is 12.2. The number of hydrogen-bond acceptors (Lipinski definition) is 4. The molecule has 0 spiro atoms. The van der Waals surface area contributed by atoms with Crippen molar-refractivity contribution in [3.8, 4) is 0 Å². The molecule has 0 saturated heterocycles. The van der Waals surface area contributed by atoms with E-state index in [2.05, 4.69) is 93.4 Å². The number of unbranched alkanes of at least 4 members (excludes halogenated alkanes) is 2. The lowest BCUT2D eigenvalue weighted by Crippen LogP contribution is -2.45. The van der Waals surface area contributed by atoms with Crippen LogP contribution in [0.15, 0.2) is 24.3 Å². The van der Waals surface area contributed by atoms with Gasteiger partial charge in [-0.1, -0.05) is 86.5 Å². The molecular formula is C31H58O4Si2. The van der Waals surface area contributed by atoms with Crippen LogP contribution in [0.2, 0.25) is 36.3 Å². The van der Waals surface area contributed by atoms with Gasteiger partial charge >= 0.3 is 5.97 Å². The minimum Gasteiger partial charge on any atom is -0.458 e. The van der Waals surface area contributed by atoms with Gasteiger partial charge in [0.05, 0.1) is 12.2 Å². The Balaban J connectivity index is 2.37. The standard InChI is InChI=1S/C31H58O4Si2/c1-14-15-16-17-24(34-36(10,11)30(4,5)6)18-19-25-26-20-22(2)29(33-23(3)32)27(26)21-28(25)35-37(12,13)31(7,8)9/h18-19,24-29H,2,14-17,20-21H2,1,3-13H3/b19-18+/t24-,25-,26+,27-,28+,29?/m0/s1. The van der Waals surface area contributed by atoms with Crippen LogP contribution in [0.1, 0.15) is 93.9 Å². The minimum absolute atomic E-state index is 0.133. The van der Waals surface area contributed by atoms with Gasteiger partial charge in [0.1, 0.15) is 6.10 Å². The molecule has 37 heavy (non-hydrogen) atoms. The average Bonchev–Trinajstić information content (AvgIpc) is 3.18. The van der Waals surface area contributed by atoms with Gasteiger partial charge in [-0.05, 0) is 67.0 Å². The van der Waals surface area contributed by atoms with E-state index in [1.165, 1.54) is 26.2 Å². The molecule has 0 aromatic heterocycles. The fourth-order valence-corrected chi connectivity index (χ4v) is 8.08. The number of ether oxygens (including phenoxy) is 1. The zero-order valence-corrected chi connectivity index (χ0v) is 28.2. The van der Waals surface area contributed by atoms with Crippen LogP contribution >= 0.6 is 0 Å². The normalized spacial score (nSPS) is 28.1. The van der Waals surface area contributed by atoms with Gasteiger partial charge in [0.25, 0.3) is 0 Å². The molecule has 0 aromatic carbocycles. The summed E-state index contributed by atoms with van der Waals surface area (Å²) in [5.41, 5.74) is 1.06. The quantitative estimate of drug-likeness (QED) is 0.111. The van der Waals surface area contributed by atoms with Crippen LogP contribution in [0.25, 0.3) is 0 Å². The Morgan fingerprint density at radius 2 is 1.62 bits per heavy atom. The van der Waals surface area contributed by atoms with Gasteiger partial charge in [0, 0.05) is 18.8 Å². The third-order valence-corrected chi connectivity index (χ3v) is 18.7. The third-order valence-electron chi connectivity index (χ3n) is 9.70. The maximum Gasteiger partial charge on any atom is 0.303 e. The van der Waals surface area contributed by atoms with E-state index in [0.29, 0.717) is 5.92 Å². The Bertz CT molecular complexity index is 818. The number of fused-ring (bicyclic) bond motifs is 1. The lowest BCUT2D eigenvalue weighted by Gasteiger charge is -2.40. The van der Waals surface area contributed by atoms with E-state index in [1.807, 2.05) is 0 Å². The predicted molar refractivity (Wildman–Crippen MR) is 162 cm³/mol. The first-order chi connectivity index (χ1) is 16.8. The van der Waals surface area contributed by atoms with Crippen LogP contribution < -0.4 is 0 Å². The van der Waals surface area contributed by atoms with Gasteiger partial charge < -0.3 is 13.6 Å². The Morgan fingerprint density at radius 1 is 1.03 bits per heavy atom. The Labute approximate surface area is 231 Å². The zero-order chi connectivity index (χ0) is 28.4. The molecule has 0 aromatic rings. The number of esters is 1. The van der Waals surface area contributed by atoms with E-state index >= 15 is 0 Å². The van der Waals surface area contributed by atoms with Gasteiger partial charge in [0.15, 0.2) is 16.6 Å². The number of carbonyl (C=O) groups excluding carboxylic acids is 1. The zero-order valence-electron chi connectivity index (χ0n) is 26.2. The summed E-state index contributed by atoms with van der Waals surface area (Å²) in [5.74, 6) is 0.743. The van der Waals surface area contributed by atoms with E-state index in [0.717, 1.165) is 24.8 Å². The van der Waals surface area contributed by atoms with Crippen LogP contribution in [0.5, 0.6) is 0 Å². The topological polar surface area (TPSA) is 44.8 Å². The van der Waals surface area contributed by atoms with Crippen molar-refractivity contribution in [1.82, 2.24) is 0 Å². The first-order valence-corrected chi connectivity index (χ1v) is 20.5. The fourth-order valence-electron chi connectivity index (χ4n) is 5.41. The molecule has 2 saturated carbocycles. The van der Waals surface area contributed by atoms with Crippen LogP contribution in [0.3, 0.4) is 0 Å². The molecule has 0 aliphatic heterocycles. The van der Waals surface area contributed by atoms with Gasteiger partial charge in [-0.25, -0.2) is 0 Å². The average molecular weight is 551 g/mol. The van der Waals surface area contributed by atoms with Crippen molar-refractivity contribution in [3.63, 3.8) is 0 Å². The van der Waals surface area contributed by atoms with Gasteiger partial charge in [0.2, 0.25) is 0 Å². The highest BCUT2D eigenvalue weighted by atomic mass is 28.4. The van der Waals surface area contributed by atoms with E-state index in [9.17, 15) is 4.79 Å². The lowest BCUT2D eigenvalue weighted by molar-refractivity contribution is -0.146. The number of rotatable bonds is 11. The molecule has 4 nitrogen and oxygen atoms in total. The highest BCUT2D eigenvalue weighted by molar-refractivity contribution is 6.74. The fraction of sp³-hybridized carbons (Fsp3) is 0.839. The molecule has 6 atom stereocenters. The summed E-state index contributed by atoms with van der Waals surface area (Å²) in [7, 11) is -3.86. The van der Waals surface area contributed by atoms with Crippen molar-refractivity contribution in [3.05, 3.63) is 24.3 Å². The van der Waals surface area contributed by atoms with Gasteiger partial charge in [-0.3, -0.25) is 4.79 Å². The molecule has 2 aliphatic rings. The maximum absolute atomic E-state index is 11.9. The molecule has 1 unspecified atom stereocenters. The van der Waals surface area contributed by atoms with Crippen LogP contribution in [0.4, 0.5) is 0 Å². The first-order valence-electron chi connectivity index (χ1n) is 14.7. The highest BCUT2D eigenvalue weighted by Crippen LogP contribution is 2.54. The Kier molecular flexibility index (Phi) is 10.7. The molecule has 214 valence electrons. The third kappa shape index (κ3) is 8.15. The predicted octanol–water partition coefficient (Wildman–Crippen LogP) is 9.05. The summed E-state index contributed by atoms with van der Waals surface area (Å²) >= 11 is 0. The van der Waals surface area contributed by atoms with Gasteiger partial charge in [-0.15, -0.1) is 0 Å². The molecule has 0 radical (unpaired) electrons. The van der Waals surface area contributed by atoms with E-state index in [1.54, 1.807) is 0 Å². The monoisotopic (exact) mass is 550 g/mol. The van der Waals surface area contributed by atoms with Crippen molar-refractivity contribution >= 4 is 22.6 Å². The molecule has 0 heterocycles. The van der Waals surface area contributed by atoms with Crippen LogP contribution in [0, 0.1) is 17.8 Å². The summed E-state index contributed by atoms with van der Waals surface area (Å²) in [5, 5.41) is 0.322. The molecule has 2 fully saturated rings. The van der Waals surface area contributed by atoms with Crippen molar-refractivity contribution < 1.29 is 18.4 Å². The summed E-state index contributed by atoms with van der Waals surface area (Å²) in [4.78, 5) is 11.9. The van der Waals surface area contributed by atoms with E-state index in [-0.39, 0.29) is 46.2 Å². The molecule has 0 N–H and O–H groups in total. The SMILES string of the molecule is C=C1C[C@@H]2[C@H](/C=C/[C@H](CCCCC)O[Si](C)(C)C(C)(C)C)[C@H](O[Si](C)(C)C(C)(C)C)C[C@@H]2C1OC(C)=O. The summed E-state index contributed by atoms with van der Waals surface area (Å²) in [6, 6.07) is 0. The van der Waals surface area contributed by atoms with Crippen LogP contribution in [-0.2, 0) is 18.4 Å². The Morgan fingerprint density at radius 3 is 2.14 bits per heavy atom. The van der Waals surface area contributed by atoms with Crippen LogP contribution in [-0.4, -0.2) is 40.9 Å². The molecule has 2 aliphatic carbocycles. The molecule has 0 bridgehead atoms. The summed E-state index contributed by atoms with van der Waals surface area (Å²) in [6.45, 7) is 31.3. The number of carbonyl (C=O) groups is 1. The van der Waals surface area contributed by atoms with Gasteiger partial charge in [-0.2, -0.15) is 0 Å². The molecule has 0 amide bonds. The second-order valence-electron chi connectivity index (χ2n) is 14.7. The highest BCUT2D eigenvalue weighted by Gasteiger charge is 2.54. The second-order valence-corrected chi connectivity index (χ2v) is 24.3.